The summed E-state index contributed by atoms with van der Waals surface area (Å²) in [6, 6.07) is 8.11. The molecule has 1 aromatic carbocycles. The summed E-state index contributed by atoms with van der Waals surface area (Å²) in [5.41, 5.74) is 2.06. The van der Waals surface area contributed by atoms with Gasteiger partial charge in [0.1, 0.15) is 16.5 Å². The molecule has 2 heterocycles. The van der Waals surface area contributed by atoms with Crippen LogP contribution in [0.2, 0.25) is 0 Å². The minimum absolute atomic E-state index is 0.0738. The van der Waals surface area contributed by atoms with Crippen molar-refractivity contribution in [2.75, 3.05) is 0 Å². The number of rotatable bonds is 5. The Balaban J connectivity index is 1.82. The Morgan fingerprint density at radius 2 is 2.07 bits per heavy atom. The molecule has 3 rings (SSSR count). The number of amides is 1. The highest BCUT2D eigenvalue weighted by molar-refractivity contribution is 7.11. The van der Waals surface area contributed by atoms with Gasteiger partial charge in [0, 0.05) is 17.5 Å². The largest absolute Gasteiger partial charge is 0.391 e. The van der Waals surface area contributed by atoms with Crippen LogP contribution < -0.4 is 5.32 Å². The highest BCUT2D eigenvalue weighted by Gasteiger charge is 2.31. The summed E-state index contributed by atoms with van der Waals surface area (Å²) in [5.74, 6) is -0.547. The molecule has 0 aliphatic carbocycles. The molecule has 28 heavy (non-hydrogen) atoms. The fourth-order valence-electron chi connectivity index (χ4n) is 2.84. The Morgan fingerprint density at radius 1 is 1.32 bits per heavy atom. The molecule has 0 saturated heterocycles. The van der Waals surface area contributed by atoms with Crippen molar-refractivity contribution in [1.29, 1.82) is 0 Å². The third-order valence-corrected chi connectivity index (χ3v) is 5.58. The lowest BCUT2D eigenvalue weighted by atomic mass is 9.87. The van der Waals surface area contributed by atoms with Gasteiger partial charge in [0.2, 0.25) is 0 Å². The zero-order chi connectivity index (χ0) is 20.5. The SMILES string of the molecule is Cc1ccc(-c2ccc(C(=O)NC(c3ncc(CO)s3)C(C)(C)C)[nH]2)cc1F. The molecule has 1 amide bonds. The average molecular weight is 402 g/mol. The summed E-state index contributed by atoms with van der Waals surface area (Å²) in [7, 11) is 0. The number of aryl methyl sites for hydroxylation is 1. The Bertz CT molecular complexity index is 988. The average Bonchev–Trinajstić information content (AvgIpc) is 3.30. The number of thiazole rings is 1. The molecule has 5 nitrogen and oxygen atoms in total. The fraction of sp³-hybridized carbons (Fsp3) is 0.333. The second kappa shape index (κ2) is 7.85. The summed E-state index contributed by atoms with van der Waals surface area (Å²) in [6.45, 7) is 7.70. The molecule has 2 aromatic heterocycles. The smallest absolute Gasteiger partial charge is 0.268 e. The van der Waals surface area contributed by atoms with Crippen molar-refractivity contribution in [3.05, 3.63) is 63.5 Å². The van der Waals surface area contributed by atoms with Crippen LogP contribution in [0.4, 0.5) is 4.39 Å². The lowest BCUT2D eigenvalue weighted by Crippen LogP contribution is -2.36. The van der Waals surface area contributed by atoms with Crippen molar-refractivity contribution in [2.24, 2.45) is 5.41 Å². The van der Waals surface area contributed by atoms with Gasteiger partial charge in [-0.2, -0.15) is 0 Å². The van der Waals surface area contributed by atoms with E-state index in [2.05, 4.69) is 15.3 Å². The minimum Gasteiger partial charge on any atom is -0.391 e. The number of hydrogen-bond acceptors (Lipinski definition) is 4. The maximum absolute atomic E-state index is 13.8. The number of nitrogens with zero attached hydrogens (tertiary/aromatic N) is 1. The first kappa shape index (κ1) is 20.2. The maximum Gasteiger partial charge on any atom is 0.268 e. The van der Waals surface area contributed by atoms with Crippen molar-refractivity contribution in [1.82, 2.24) is 15.3 Å². The highest BCUT2D eigenvalue weighted by Crippen LogP contribution is 2.35. The number of benzene rings is 1. The number of aromatic amines is 1. The quantitative estimate of drug-likeness (QED) is 0.585. The van der Waals surface area contributed by atoms with Gasteiger partial charge in [-0.05, 0) is 36.1 Å². The van der Waals surface area contributed by atoms with Crippen LogP contribution in [0.25, 0.3) is 11.3 Å². The van der Waals surface area contributed by atoms with E-state index in [4.69, 9.17) is 0 Å². The summed E-state index contributed by atoms with van der Waals surface area (Å²) < 4.78 is 13.8. The molecule has 3 N–H and O–H groups in total. The van der Waals surface area contributed by atoms with Gasteiger partial charge >= 0.3 is 0 Å². The predicted molar refractivity (Wildman–Crippen MR) is 109 cm³/mol. The maximum atomic E-state index is 13.8. The lowest BCUT2D eigenvalue weighted by molar-refractivity contribution is 0.0897. The molecule has 1 unspecified atom stereocenters. The van der Waals surface area contributed by atoms with Crippen molar-refractivity contribution >= 4 is 17.2 Å². The van der Waals surface area contributed by atoms with E-state index in [-0.39, 0.29) is 29.8 Å². The number of halogens is 1. The van der Waals surface area contributed by atoms with Crippen LogP contribution in [0.15, 0.2) is 36.5 Å². The van der Waals surface area contributed by atoms with Gasteiger partial charge < -0.3 is 15.4 Å². The van der Waals surface area contributed by atoms with E-state index in [0.717, 1.165) is 9.88 Å². The first-order valence-electron chi connectivity index (χ1n) is 9.01. The van der Waals surface area contributed by atoms with Crippen LogP contribution >= 0.6 is 11.3 Å². The molecule has 1 atom stereocenters. The van der Waals surface area contributed by atoms with Crippen LogP contribution in [0.1, 0.15) is 52.7 Å². The van der Waals surface area contributed by atoms with Crippen LogP contribution in [0.5, 0.6) is 0 Å². The standard InChI is InChI=1S/C21H24FN3O2S/c1-12-5-6-13(9-15(12)22)16-7-8-17(24-16)19(27)25-18(21(2,3)4)20-23-10-14(11-26)28-20/h5-10,18,24,26H,11H2,1-4H3,(H,25,27). The molecular formula is C21H24FN3O2S. The Labute approximate surface area is 167 Å². The predicted octanol–water partition coefficient (Wildman–Crippen LogP) is 4.60. The number of carbonyl (C=O) groups excluding carboxylic acids is 1. The summed E-state index contributed by atoms with van der Waals surface area (Å²) in [6.07, 6.45) is 1.63. The van der Waals surface area contributed by atoms with E-state index in [1.165, 1.54) is 17.4 Å². The monoisotopic (exact) mass is 401 g/mol. The van der Waals surface area contributed by atoms with Crippen LogP contribution in [0, 0.1) is 18.2 Å². The molecule has 7 heteroatoms. The van der Waals surface area contributed by atoms with Gasteiger partial charge in [-0.25, -0.2) is 9.37 Å². The third-order valence-electron chi connectivity index (χ3n) is 4.53. The molecule has 0 fully saturated rings. The summed E-state index contributed by atoms with van der Waals surface area (Å²) in [5, 5.41) is 13.1. The molecule has 0 spiro atoms. The fourth-order valence-corrected chi connectivity index (χ4v) is 3.92. The zero-order valence-electron chi connectivity index (χ0n) is 16.3. The molecule has 0 saturated carbocycles. The van der Waals surface area contributed by atoms with Crippen LogP contribution in [-0.4, -0.2) is 21.0 Å². The molecular weight excluding hydrogens is 377 g/mol. The lowest BCUT2D eigenvalue weighted by Gasteiger charge is -2.29. The van der Waals surface area contributed by atoms with Crippen molar-refractivity contribution in [2.45, 2.75) is 40.3 Å². The first-order valence-corrected chi connectivity index (χ1v) is 9.82. The molecule has 148 valence electrons. The number of nitrogens with one attached hydrogen (secondary N) is 2. The summed E-state index contributed by atoms with van der Waals surface area (Å²) in [4.78, 5) is 21.0. The first-order chi connectivity index (χ1) is 13.2. The van der Waals surface area contributed by atoms with Crippen LogP contribution in [-0.2, 0) is 6.61 Å². The Kier molecular flexibility index (Phi) is 5.67. The molecule has 0 aliphatic heterocycles. The topological polar surface area (TPSA) is 78.0 Å². The van der Waals surface area contributed by atoms with Crippen molar-refractivity contribution in [3.63, 3.8) is 0 Å². The number of aromatic nitrogens is 2. The Hall–Kier alpha value is -2.51. The third kappa shape index (κ3) is 4.31. The minimum atomic E-state index is -0.311. The number of aliphatic hydroxyl groups is 1. The molecule has 0 radical (unpaired) electrons. The van der Waals surface area contributed by atoms with Gasteiger partial charge in [0.25, 0.3) is 5.91 Å². The van der Waals surface area contributed by atoms with Crippen molar-refractivity contribution in [3.8, 4) is 11.3 Å². The van der Waals surface area contributed by atoms with Gasteiger partial charge in [-0.15, -0.1) is 11.3 Å². The highest BCUT2D eigenvalue weighted by atomic mass is 32.1. The van der Waals surface area contributed by atoms with E-state index < -0.39 is 0 Å². The number of carbonyl (C=O) groups is 1. The van der Waals surface area contributed by atoms with Gasteiger partial charge in [0.05, 0.1) is 17.5 Å². The van der Waals surface area contributed by atoms with E-state index in [0.29, 0.717) is 22.5 Å². The zero-order valence-corrected chi connectivity index (χ0v) is 17.2. The second-order valence-corrected chi connectivity index (χ2v) is 8.99. The van der Waals surface area contributed by atoms with Gasteiger partial charge in [-0.1, -0.05) is 32.9 Å². The normalized spacial score (nSPS) is 12.8. The van der Waals surface area contributed by atoms with Gasteiger partial charge in [0.15, 0.2) is 0 Å². The number of aliphatic hydroxyl groups excluding tert-OH is 1. The number of H-pyrrole nitrogens is 1. The van der Waals surface area contributed by atoms with Crippen LogP contribution in [0.3, 0.4) is 0 Å². The van der Waals surface area contributed by atoms with Crippen molar-refractivity contribution < 1.29 is 14.3 Å². The van der Waals surface area contributed by atoms with E-state index in [1.807, 2.05) is 26.8 Å². The molecule has 0 aliphatic rings. The van der Waals surface area contributed by atoms with E-state index in [9.17, 15) is 14.3 Å². The summed E-state index contributed by atoms with van der Waals surface area (Å²) >= 11 is 1.38. The molecule has 0 bridgehead atoms. The molecule has 3 aromatic rings. The van der Waals surface area contributed by atoms with Gasteiger partial charge in [-0.3, -0.25) is 4.79 Å². The van der Waals surface area contributed by atoms with E-state index >= 15 is 0 Å². The second-order valence-electron chi connectivity index (χ2n) is 7.85. The number of hydrogen-bond donors (Lipinski definition) is 3. The van der Waals surface area contributed by atoms with E-state index in [1.54, 1.807) is 31.3 Å². The Morgan fingerprint density at radius 3 is 2.68 bits per heavy atom.